The average Bonchev–Trinajstić information content (AvgIpc) is 2.62. The molecule has 0 aromatic heterocycles. The Kier molecular flexibility index (Phi) is 5.99. The Bertz CT molecular complexity index is 764. The van der Waals surface area contributed by atoms with Crippen molar-refractivity contribution in [3.8, 4) is 6.07 Å². The number of hydrogen-bond acceptors (Lipinski definition) is 5. The monoisotopic (exact) mass is 340 g/mol. The minimum Gasteiger partial charge on any atom is -0.449 e. The second-order valence-corrected chi connectivity index (χ2v) is 5.83. The molecule has 24 heavy (non-hydrogen) atoms. The number of thioether (sulfide) groups is 1. The molecule has 122 valence electrons. The van der Waals surface area contributed by atoms with Crippen LogP contribution in [0.3, 0.4) is 0 Å². The third kappa shape index (κ3) is 4.61. The predicted octanol–water partition coefficient (Wildman–Crippen LogP) is 3.46. The summed E-state index contributed by atoms with van der Waals surface area (Å²) in [5, 5.41) is 11.4. The van der Waals surface area contributed by atoms with Crippen LogP contribution in [0.25, 0.3) is 0 Å². The number of ether oxygens (including phenoxy) is 1. The zero-order valence-corrected chi connectivity index (χ0v) is 14.1. The molecule has 0 aliphatic heterocycles. The van der Waals surface area contributed by atoms with Crippen LogP contribution in [0.2, 0.25) is 0 Å². The molecule has 0 heterocycles. The normalized spacial score (nSPS) is 11.2. The van der Waals surface area contributed by atoms with Crippen LogP contribution in [0.4, 0.5) is 5.69 Å². The second kappa shape index (κ2) is 8.18. The van der Waals surface area contributed by atoms with Gasteiger partial charge in [0.05, 0.1) is 17.2 Å². The van der Waals surface area contributed by atoms with Gasteiger partial charge < -0.3 is 10.1 Å². The summed E-state index contributed by atoms with van der Waals surface area (Å²) >= 11 is 1.58. The zero-order valence-electron chi connectivity index (χ0n) is 13.3. The van der Waals surface area contributed by atoms with Gasteiger partial charge in [-0.25, -0.2) is 4.79 Å². The standard InChI is InChI=1S/C18H16N2O3S/c1-12(17(21)20-15-7-3-13(11-19)4-8-15)23-18(22)14-5-9-16(24-2)10-6-14/h3-10,12H,1-2H3,(H,20,21)/t12-/m1/s1. The quantitative estimate of drug-likeness (QED) is 0.666. The summed E-state index contributed by atoms with van der Waals surface area (Å²) in [6.45, 7) is 1.51. The van der Waals surface area contributed by atoms with Crippen LogP contribution in [-0.4, -0.2) is 24.2 Å². The van der Waals surface area contributed by atoms with Gasteiger partial charge in [0.2, 0.25) is 0 Å². The highest BCUT2D eigenvalue weighted by Gasteiger charge is 2.19. The third-order valence-corrected chi connectivity index (χ3v) is 4.00. The second-order valence-electron chi connectivity index (χ2n) is 4.95. The number of rotatable bonds is 5. The molecule has 5 nitrogen and oxygen atoms in total. The van der Waals surface area contributed by atoms with Crippen molar-refractivity contribution in [2.24, 2.45) is 0 Å². The van der Waals surface area contributed by atoms with Crippen LogP contribution in [0.5, 0.6) is 0 Å². The van der Waals surface area contributed by atoms with E-state index in [1.54, 1.807) is 48.2 Å². The van der Waals surface area contributed by atoms with E-state index in [0.717, 1.165) is 4.90 Å². The summed E-state index contributed by atoms with van der Waals surface area (Å²) in [7, 11) is 0. The number of hydrogen-bond donors (Lipinski definition) is 1. The minimum atomic E-state index is -0.937. The molecule has 2 rings (SSSR count). The van der Waals surface area contributed by atoms with Crippen LogP contribution in [0, 0.1) is 11.3 Å². The largest absolute Gasteiger partial charge is 0.449 e. The molecule has 0 unspecified atom stereocenters. The molecular weight excluding hydrogens is 324 g/mol. The average molecular weight is 340 g/mol. The van der Waals surface area contributed by atoms with Crippen LogP contribution in [0.1, 0.15) is 22.8 Å². The summed E-state index contributed by atoms with van der Waals surface area (Å²) < 4.78 is 5.18. The highest BCUT2D eigenvalue weighted by molar-refractivity contribution is 7.98. The highest BCUT2D eigenvalue weighted by atomic mass is 32.2. The van der Waals surface area contributed by atoms with Crippen LogP contribution < -0.4 is 5.32 Å². The van der Waals surface area contributed by atoms with Crippen molar-refractivity contribution >= 4 is 29.3 Å². The van der Waals surface area contributed by atoms with E-state index in [0.29, 0.717) is 16.8 Å². The lowest BCUT2D eigenvalue weighted by Crippen LogP contribution is -2.30. The fourth-order valence-electron chi connectivity index (χ4n) is 1.88. The van der Waals surface area contributed by atoms with Crippen molar-refractivity contribution in [3.63, 3.8) is 0 Å². The maximum absolute atomic E-state index is 12.1. The van der Waals surface area contributed by atoms with Crippen molar-refractivity contribution in [1.82, 2.24) is 0 Å². The first kappa shape index (κ1) is 17.6. The fraction of sp³-hybridized carbons (Fsp3) is 0.167. The van der Waals surface area contributed by atoms with E-state index >= 15 is 0 Å². The summed E-state index contributed by atoms with van der Waals surface area (Å²) in [6.07, 6.45) is 1.01. The van der Waals surface area contributed by atoms with Crippen LogP contribution in [-0.2, 0) is 9.53 Å². The highest BCUT2D eigenvalue weighted by Crippen LogP contribution is 2.16. The van der Waals surface area contributed by atoms with Crippen molar-refractivity contribution in [2.75, 3.05) is 11.6 Å². The summed E-state index contributed by atoms with van der Waals surface area (Å²) in [5.74, 6) is -0.987. The molecule has 0 fully saturated rings. The predicted molar refractivity (Wildman–Crippen MR) is 92.9 cm³/mol. The lowest BCUT2D eigenvalue weighted by atomic mass is 10.2. The van der Waals surface area contributed by atoms with Gasteiger partial charge in [-0.05, 0) is 61.7 Å². The van der Waals surface area contributed by atoms with Crippen molar-refractivity contribution in [1.29, 1.82) is 5.26 Å². The van der Waals surface area contributed by atoms with Gasteiger partial charge in [-0.15, -0.1) is 11.8 Å². The Hall–Kier alpha value is -2.78. The Labute approximate surface area is 144 Å². The SMILES string of the molecule is CSc1ccc(C(=O)O[C@H](C)C(=O)Nc2ccc(C#N)cc2)cc1. The molecule has 0 spiro atoms. The lowest BCUT2D eigenvalue weighted by Gasteiger charge is -2.13. The van der Waals surface area contributed by atoms with Crippen LogP contribution >= 0.6 is 11.8 Å². The van der Waals surface area contributed by atoms with E-state index in [2.05, 4.69) is 5.32 Å². The van der Waals surface area contributed by atoms with Crippen molar-refractivity contribution < 1.29 is 14.3 Å². The van der Waals surface area contributed by atoms with Gasteiger partial charge in [0, 0.05) is 10.6 Å². The number of esters is 1. The first-order valence-electron chi connectivity index (χ1n) is 7.19. The fourth-order valence-corrected chi connectivity index (χ4v) is 2.29. The van der Waals surface area contributed by atoms with Crippen LogP contribution in [0.15, 0.2) is 53.4 Å². The van der Waals surface area contributed by atoms with Gasteiger partial charge in [-0.2, -0.15) is 5.26 Å². The number of nitrogens with zero attached hydrogens (tertiary/aromatic N) is 1. The molecule has 0 bridgehead atoms. The van der Waals surface area contributed by atoms with Gasteiger partial charge in [0.25, 0.3) is 5.91 Å². The number of carbonyl (C=O) groups is 2. The first-order chi connectivity index (χ1) is 11.5. The zero-order chi connectivity index (χ0) is 17.5. The van der Waals surface area contributed by atoms with Crippen molar-refractivity contribution in [3.05, 3.63) is 59.7 Å². The van der Waals surface area contributed by atoms with Gasteiger partial charge in [0.15, 0.2) is 6.10 Å². The molecule has 2 aromatic rings. The molecule has 1 amide bonds. The minimum absolute atomic E-state index is 0.394. The number of nitrogens with one attached hydrogen (secondary N) is 1. The molecule has 0 aliphatic carbocycles. The summed E-state index contributed by atoms with van der Waals surface area (Å²) in [4.78, 5) is 25.2. The van der Waals surface area contributed by atoms with Gasteiger partial charge in [-0.3, -0.25) is 4.79 Å². The Balaban J connectivity index is 1.94. The summed E-state index contributed by atoms with van der Waals surface area (Å²) in [6, 6.07) is 15.4. The van der Waals surface area contributed by atoms with E-state index in [-0.39, 0.29) is 0 Å². The van der Waals surface area contributed by atoms with Gasteiger partial charge in [-0.1, -0.05) is 0 Å². The Morgan fingerprint density at radius 2 is 1.75 bits per heavy atom. The molecule has 0 saturated heterocycles. The topological polar surface area (TPSA) is 79.2 Å². The number of nitriles is 1. The van der Waals surface area contributed by atoms with E-state index in [1.165, 1.54) is 6.92 Å². The number of benzene rings is 2. The molecule has 1 atom stereocenters. The molecule has 2 aromatic carbocycles. The van der Waals surface area contributed by atoms with E-state index in [1.807, 2.05) is 24.5 Å². The molecular formula is C18H16N2O3S. The number of amides is 1. The van der Waals surface area contributed by atoms with E-state index < -0.39 is 18.0 Å². The molecule has 1 N–H and O–H groups in total. The first-order valence-corrected chi connectivity index (χ1v) is 8.42. The number of anilines is 1. The maximum Gasteiger partial charge on any atom is 0.338 e. The molecule has 6 heteroatoms. The van der Waals surface area contributed by atoms with E-state index in [4.69, 9.17) is 10.00 Å². The smallest absolute Gasteiger partial charge is 0.338 e. The van der Waals surface area contributed by atoms with E-state index in [9.17, 15) is 9.59 Å². The lowest BCUT2D eigenvalue weighted by molar-refractivity contribution is -0.123. The maximum atomic E-state index is 12.1. The Morgan fingerprint density at radius 1 is 1.12 bits per heavy atom. The third-order valence-electron chi connectivity index (χ3n) is 3.26. The Morgan fingerprint density at radius 3 is 2.29 bits per heavy atom. The van der Waals surface area contributed by atoms with Gasteiger partial charge >= 0.3 is 5.97 Å². The number of carbonyl (C=O) groups excluding carboxylic acids is 2. The summed E-state index contributed by atoms with van der Waals surface area (Å²) in [5.41, 5.74) is 1.43. The molecule has 0 saturated carbocycles. The molecule has 0 aliphatic rings. The van der Waals surface area contributed by atoms with Gasteiger partial charge in [0.1, 0.15) is 0 Å². The molecule has 0 radical (unpaired) electrons. The van der Waals surface area contributed by atoms with Crippen molar-refractivity contribution in [2.45, 2.75) is 17.9 Å².